The van der Waals surface area contributed by atoms with Gasteiger partial charge in [0.25, 0.3) is 0 Å². The average molecular weight is 421 g/mol. The van der Waals surface area contributed by atoms with Crippen molar-refractivity contribution in [2.75, 3.05) is 26.6 Å². The average Bonchev–Trinajstić information content (AvgIpc) is 3.22. The lowest BCUT2D eigenvalue weighted by molar-refractivity contribution is 0.214. The van der Waals surface area contributed by atoms with E-state index in [0.717, 1.165) is 0 Å². The van der Waals surface area contributed by atoms with Gasteiger partial charge in [-0.15, -0.1) is 0 Å². The molecule has 0 radical (unpaired) electrons. The van der Waals surface area contributed by atoms with Gasteiger partial charge in [-0.1, -0.05) is 12.1 Å². The molecule has 4 aromatic rings. The second-order valence-electron chi connectivity index (χ2n) is 6.27. The molecule has 2 heterocycles. The maximum atomic E-state index is 12.6. The molecule has 31 heavy (non-hydrogen) atoms. The molecule has 0 spiro atoms. The zero-order chi connectivity index (χ0) is 21.8. The van der Waals surface area contributed by atoms with Crippen LogP contribution in [0.4, 0.5) is 10.5 Å². The zero-order valence-corrected chi connectivity index (χ0v) is 17.0. The third kappa shape index (κ3) is 4.06. The van der Waals surface area contributed by atoms with Gasteiger partial charge >= 0.3 is 6.09 Å². The van der Waals surface area contributed by atoms with E-state index in [0.29, 0.717) is 45.6 Å². The molecule has 9 heteroatoms. The van der Waals surface area contributed by atoms with E-state index in [9.17, 15) is 4.79 Å². The van der Waals surface area contributed by atoms with Gasteiger partial charge in [-0.05, 0) is 24.3 Å². The van der Waals surface area contributed by atoms with E-state index in [1.54, 1.807) is 36.5 Å². The minimum absolute atomic E-state index is 0.218. The number of fused-ring (bicyclic) bond motifs is 1. The number of hydrogen-bond donors (Lipinski definition) is 1. The highest BCUT2D eigenvalue weighted by molar-refractivity contribution is 5.92. The molecule has 9 nitrogen and oxygen atoms in total. The molecule has 0 saturated carbocycles. The molecule has 0 unspecified atom stereocenters. The minimum atomic E-state index is -0.712. The Morgan fingerprint density at radius 1 is 0.968 bits per heavy atom. The van der Waals surface area contributed by atoms with Crippen LogP contribution < -0.4 is 24.3 Å². The number of hydrogen-bond acceptors (Lipinski definition) is 8. The molecule has 158 valence electrons. The number of oxazole rings is 1. The topological polar surface area (TPSA) is 105 Å². The minimum Gasteiger partial charge on any atom is -0.493 e. The smallest absolute Gasteiger partial charge is 0.417 e. The number of carbonyl (C=O) groups is 1. The number of rotatable bonds is 6. The molecular weight excluding hydrogens is 402 g/mol. The number of methoxy groups -OCH3 is 3. The van der Waals surface area contributed by atoms with Crippen molar-refractivity contribution in [3.8, 4) is 34.5 Å². The lowest BCUT2D eigenvalue weighted by Crippen LogP contribution is -2.17. The van der Waals surface area contributed by atoms with Gasteiger partial charge in [0, 0.05) is 18.3 Å². The number of amides is 1. The summed E-state index contributed by atoms with van der Waals surface area (Å²) in [7, 11) is 4.45. The molecular formula is C22H19N3O6. The van der Waals surface area contributed by atoms with E-state index in [1.807, 2.05) is 6.07 Å². The Hall–Kier alpha value is -4.27. The van der Waals surface area contributed by atoms with Gasteiger partial charge in [0.15, 0.2) is 22.7 Å². The molecule has 1 N–H and O–H groups in total. The first-order chi connectivity index (χ1) is 15.1. The number of para-hydroxylation sites is 1. The highest BCUT2D eigenvalue weighted by atomic mass is 16.6. The normalized spacial score (nSPS) is 10.5. The standard InChI is InChI=1S/C22H19N3O6/c1-27-17-11-13(12-18(28-2)19(17)29-3)30-22(26)24-15-8-5-4-7-14(15)21-25-20-16(31-21)9-6-10-23-20/h4-12H,1-3H3,(H,24,26). The van der Waals surface area contributed by atoms with Gasteiger partial charge in [0.1, 0.15) is 5.75 Å². The van der Waals surface area contributed by atoms with Gasteiger partial charge in [-0.2, -0.15) is 4.98 Å². The van der Waals surface area contributed by atoms with Crippen molar-refractivity contribution in [3.05, 3.63) is 54.7 Å². The highest BCUT2D eigenvalue weighted by Crippen LogP contribution is 2.41. The van der Waals surface area contributed by atoms with Crippen LogP contribution in [0, 0.1) is 0 Å². The van der Waals surface area contributed by atoms with Gasteiger partial charge in [-0.3, -0.25) is 5.32 Å². The molecule has 0 saturated heterocycles. The maximum absolute atomic E-state index is 12.6. The van der Waals surface area contributed by atoms with Gasteiger partial charge < -0.3 is 23.4 Å². The quantitative estimate of drug-likeness (QED) is 0.484. The molecule has 0 fully saturated rings. The number of pyridine rings is 1. The van der Waals surface area contributed by atoms with Crippen molar-refractivity contribution in [3.63, 3.8) is 0 Å². The number of anilines is 1. The maximum Gasteiger partial charge on any atom is 0.417 e. The molecule has 1 amide bonds. The summed E-state index contributed by atoms with van der Waals surface area (Å²) in [5.41, 5.74) is 2.08. The van der Waals surface area contributed by atoms with E-state index in [1.165, 1.54) is 33.5 Å². The Labute approximate surface area is 177 Å². The second-order valence-corrected chi connectivity index (χ2v) is 6.27. The summed E-state index contributed by atoms with van der Waals surface area (Å²) < 4.78 is 27.0. The fraction of sp³-hybridized carbons (Fsp3) is 0.136. The number of nitrogens with one attached hydrogen (secondary N) is 1. The Bertz CT molecular complexity index is 1180. The Morgan fingerprint density at radius 3 is 2.39 bits per heavy atom. The molecule has 4 rings (SSSR count). The fourth-order valence-electron chi connectivity index (χ4n) is 3.02. The number of carbonyl (C=O) groups excluding carboxylic acids is 1. The lowest BCUT2D eigenvalue weighted by Gasteiger charge is -2.14. The van der Waals surface area contributed by atoms with Crippen LogP contribution in [0.15, 0.2) is 59.1 Å². The summed E-state index contributed by atoms with van der Waals surface area (Å²) in [6, 6.07) is 13.7. The lowest BCUT2D eigenvalue weighted by atomic mass is 10.2. The van der Waals surface area contributed by atoms with Crippen LogP contribution in [0.5, 0.6) is 23.0 Å². The first-order valence-electron chi connectivity index (χ1n) is 9.22. The van der Waals surface area contributed by atoms with E-state index in [2.05, 4.69) is 15.3 Å². The van der Waals surface area contributed by atoms with Crippen LogP contribution in [0.1, 0.15) is 0 Å². The van der Waals surface area contributed by atoms with E-state index >= 15 is 0 Å². The van der Waals surface area contributed by atoms with Gasteiger partial charge in [0.05, 0.1) is 32.6 Å². The number of benzene rings is 2. The van der Waals surface area contributed by atoms with Crippen molar-refractivity contribution >= 4 is 23.0 Å². The van der Waals surface area contributed by atoms with Crippen molar-refractivity contribution in [2.24, 2.45) is 0 Å². The summed E-state index contributed by atoms with van der Waals surface area (Å²) in [5.74, 6) is 1.67. The monoisotopic (exact) mass is 421 g/mol. The van der Waals surface area contributed by atoms with Crippen molar-refractivity contribution < 1.29 is 28.2 Å². The number of ether oxygens (including phenoxy) is 4. The molecule has 0 aliphatic carbocycles. The van der Waals surface area contributed by atoms with Crippen LogP contribution in [0.2, 0.25) is 0 Å². The van der Waals surface area contributed by atoms with E-state index in [4.69, 9.17) is 23.4 Å². The fourth-order valence-corrected chi connectivity index (χ4v) is 3.02. The van der Waals surface area contributed by atoms with Crippen molar-refractivity contribution in [1.29, 1.82) is 0 Å². The first kappa shape index (κ1) is 20.0. The third-order valence-electron chi connectivity index (χ3n) is 4.41. The van der Waals surface area contributed by atoms with Crippen LogP contribution in [-0.4, -0.2) is 37.4 Å². The molecule has 0 aliphatic rings. The summed E-state index contributed by atoms with van der Waals surface area (Å²) in [5, 5.41) is 2.71. The number of nitrogens with zero attached hydrogens (tertiary/aromatic N) is 2. The van der Waals surface area contributed by atoms with Gasteiger partial charge in [-0.25, -0.2) is 9.78 Å². The van der Waals surface area contributed by atoms with Crippen molar-refractivity contribution in [1.82, 2.24) is 9.97 Å². The Kier molecular flexibility index (Phi) is 5.57. The summed E-state index contributed by atoms with van der Waals surface area (Å²) in [4.78, 5) is 21.1. The predicted octanol–water partition coefficient (Wildman–Crippen LogP) is 4.53. The molecule has 2 aromatic heterocycles. The van der Waals surface area contributed by atoms with Crippen LogP contribution in [0.25, 0.3) is 22.7 Å². The second kappa shape index (κ2) is 8.62. The van der Waals surface area contributed by atoms with Crippen LogP contribution in [0.3, 0.4) is 0 Å². The largest absolute Gasteiger partial charge is 0.493 e. The zero-order valence-electron chi connectivity index (χ0n) is 17.0. The first-order valence-corrected chi connectivity index (χ1v) is 9.22. The van der Waals surface area contributed by atoms with Crippen LogP contribution >= 0.6 is 0 Å². The molecule has 0 aliphatic heterocycles. The predicted molar refractivity (Wildman–Crippen MR) is 113 cm³/mol. The Morgan fingerprint density at radius 2 is 1.71 bits per heavy atom. The summed E-state index contributed by atoms with van der Waals surface area (Å²) in [6.45, 7) is 0. The van der Waals surface area contributed by atoms with E-state index in [-0.39, 0.29) is 5.75 Å². The number of aromatic nitrogens is 2. The molecule has 0 bridgehead atoms. The summed E-state index contributed by atoms with van der Waals surface area (Å²) >= 11 is 0. The SMILES string of the molecule is COc1cc(OC(=O)Nc2ccccc2-c2nc3ncccc3o2)cc(OC)c1OC. The highest BCUT2D eigenvalue weighted by Gasteiger charge is 2.18. The third-order valence-corrected chi connectivity index (χ3v) is 4.41. The van der Waals surface area contributed by atoms with Crippen molar-refractivity contribution in [2.45, 2.75) is 0 Å². The molecule has 0 atom stereocenters. The van der Waals surface area contributed by atoms with Gasteiger partial charge in [0.2, 0.25) is 11.6 Å². The van der Waals surface area contributed by atoms with E-state index < -0.39 is 6.09 Å². The summed E-state index contributed by atoms with van der Waals surface area (Å²) in [6.07, 6.45) is 0.920. The van der Waals surface area contributed by atoms with Crippen LogP contribution in [-0.2, 0) is 0 Å². The Balaban J connectivity index is 1.59. The molecule has 2 aromatic carbocycles.